The Morgan fingerprint density at radius 1 is 1.00 bits per heavy atom. The van der Waals surface area contributed by atoms with Crippen LogP contribution < -0.4 is 10.6 Å². The van der Waals surface area contributed by atoms with Crippen molar-refractivity contribution in [2.75, 3.05) is 5.32 Å². The van der Waals surface area contributed by atoms with Crippen molar-refractivity contribution < 1.29 is 9.59 Å². The summed E-state index contributed by atoms with van der Waals surface area (Å²) in [5.41, 5.74) is 3.02. The van der Waals surface area contributed by atoms with Gasteiger partial charge in [-0.1, -0.05) is 49.4 Å². The largest absolute Gasteiger partial charge is 0.352 e. The molecule has 1 atom stereocenters. The molecule has 2 aromatic rings. The molecule has 0 aliphatic rings. The molecule has 0 heterocycles. The first-order valence-electron chi connectivity index (χ1n) is 8.70. The molecule has 0 bridgehead atoms. The monoisotopic (exact) mass is 338 g/mol. The Bertz CT molecular complexity index is 698. The summed E-state index contributed by atoms with van der Waals surface area (Å²) in [6.07, 6.45) is 2.52. The van der Waals surface area contributed by atoms with Gasteiger partial charge >= 0.3 is 0 Å². The van der Waals surface area contributed by atoms with Gasteiger partial charge in [-0.25, -0.2) is 0 Å². The molecule has 0 saturated carbocycles. The molecular formula is C21H26N2O2. The number of aryl methyl sites for hydroxylation is 1. The minimum absolute atomic E-state index is 0.0606. The number of hydrogen-bond donors (Lipinski definition) is 2. The molecule has 0 fully saturated rings. The van der Waals surface area contributed by atoms with E-state index in [1.165, 1.54) is 12.5 Å². The number of amides is 2. The van der Waals surface area contributed by atoms with E-state index in [-0.39, 0.29) is 11.8 Å². The van der Waals surface area contributed by atoms with Crippen molar-refractivity contribution in [2.45, 2.75) is 39.7 Å². The number of nitrogens with one attached hydrogen (secondary N) is 2. The Morgan fingerprint density at radius 3 is 2.44 bits per heavy atom. The first-order chi connectivity index (χ1) is 12.0. The van der Waals surface area contributed by atoms with Crippen molar-refractivity contribution >= 4 is 17.5 Å². The van der Waals surface area contributed by atoms with Gasteiger partial charge in [0.2, 0.25) is 11.8 Å². The molecule has 0 aromatic heterocycles. The Balaban J connectivity index is 1.73. The van der Waals surface area contributed by atoms with Gasteiger partial charge in [-0.3, -0.25) is 9.59 Å². The molecule has 4 nitrogen and oxygen atoms in total. The summed E-state index contributed by atoms with van der Waals surface area (Å²) in [7, 11) is 0. The van der Waals surface area contributed by atoms with Crippen LogP contribution in [0.1, 0.15) is 37.8 Å². The molecule has 0 aliphatic carbocycles. The lowest BCUT2D eigenvalue weighted by atomic mass is 9.98. The molecule has 4 heteroatoms. The van der Waals surface area contributed by atoms with Crippen LogP contribution in [0.15, 0.2) is 54.6 Å². The topological polar surface area (TPSA) is 58.2 Å². The number of hydrogen-bond acceptors (Lipinski definition) is 2. The highest BCUT2D eigenvalue weighted by atomic mass is 16.2. The van der Waals surface area contributed by atoms with Gasteiger partial charge in [0.1, 0.15) is 0 Å². The first kappa shape index (κ1) is 18.7. The standard InChI is InChI=1S/C21H26N2O2/c1-16(11-12-18-7-4-3-5-8-18)13-21(25)22-15-19-9-6-10-20(14-19)23-17(2)24/h3-10,14,16H,11-13,15H2,1-2H3,(H,22,25)(H,23,24). The number of rotatable bonds is 8. The third-order valence-electron chi connectivity index (χ3n) is 4.04. The molecule has 25 heavy (non-hydrogen) atoms. The molecule has 0 aliphatic heterocycles. The predicted octanol–water partition coefficient (Wildman–Crippen LogP) is 3.92. The minimum Gasteiger partial charge on any atom is -0.352 e. The maximum Gasteiger partial charge on any atom is 0.221 e. The number of carbonyl (C=O) groups is 2. The Morgan fingerprint density at radius 2 is 1.72 bits per heavy atom. The van der Waals surface area contributed by atoms with Gasteiger partial charge in [-0.05, 0) is 42.0 Å². The fourth-order valence-corrected chi connectivity index (χ4v) is 2.71. The van der Waals surface area contributed by atoms with E-state index in [4.69, 9.17) is 0 Å². The van der Waals surface area contributed by atoms with Gasteiger partial charge in [-0.15, -0.1) is 0 Å². The average molecular weight is 338 g/mol. The lowest BCUT2D eigenvalue weighted by Gasteiger charge is -2.12. The van der Waals surface area contributed by atoms with Crippen LogP contribution in [0.4, 0.5) is 5.69 Å². The van der Waals surface area contributed by atoms with Crippen LogP contribution in [0, 0.1) is 5.92 Å². The van der Waals surface area contributed by atoms with Crippen LogP contribution >= 0.6 is 0 Å². The van der Waals surface area contributed by atoms with Crippen molar-refractivity contribution in [3.63, 3.8) is 0 Å². The summed E-state index contributed by atoms with van der Waals surface area (Å²) in [5, 5.41) is 5.70. The zero-order valence-corrected chi connectivity index (χ0v) is 14.9. The van der Waals surface area contributed by atoms with Gasteiger partial charge in [0.15, 0.2) is 0 Å². The van der Waals surface area contributed by atoms with E-state index in [9.17, 15) is 9.59 Å². The lowest BCUT2D eigenvalue weighted by Crippen LogP contribution is -2.24. The molecule has 2 amide bonds. The number of carbonyl (C=O) groups excluding carboxylic acids is 2. The second kappa shape index (κ2) is 9.62. The zero-order valence-electron chi connectivity index (χ0n) is 14.9. The van der Waals surface area contributed by atoms with Crippen molar-refractivity contribution in [1.29, 1.82) is 0 Å². The fourth-order valence-electron chi connectivity index (χ4n) is 2.71. The lowest BCUT2D eigenvalue weighted by molar-refractivity contribution is -0.122. The molecule has 1 unspecified atom stereocenters. The van der Waals surface area contributed by atoms with Gasteiger partial charge < -0.3 is 10.6 Å². The molecule has 2 N–H and O–H groups in total. The normalized spacial score (nSPS) is 11.6. The van der Waals surface area contributed by atoms with E-state index >= 15 is 0 Å². The van der Waals surface area contributed by atoms with Crippen molar-refractivity contribution in [1.82, 2.24) is 5.32 Å². The molecule has 0 spiro atoms. The maximum atomic E-state index is 12.1. The third kappa shape index (κ3) is 7.21. The maximum absolute atomic E-state index is 12.1. The highest BCUT2D eigenvalue weighted by Crippen LogP contribution is 2.13. The van der Waals surface area contributed by atoms with Crippen LogP contribution in [0.5, 0.6) is 0 Å². The summed E-state index contributed by atoms with van der Waals surface area (Å²) >= 11 is 0. The van der Waals surface area contributed by atoms with Crippen LogP contribution in [0.2, 0.25) is 0 Å². The van der Waals surface area contributed by atoms with Crippen molar-refractivity contribution in [3.8, 4) is 0 Å². The Labute approximate surface area is 149 Å². The molecule has 2 aromatic carbocycles. The summed E-state index contributed by atoms with van der Waals surface area (Å²) in [5.74, 6) is 0.296. The first-order valence-corrected chi connectivity index (χ1v) is 8.70. The van der Waals surface area contributed by atoms with E-state index in [1.54, 1.807) is 0 Å². The van der Waals surface area contributed by atoms with Crippen molar-refractivity contribution in [2.24, 2.45) is 5.92 Å². The number of benzene rings is 2. The fraction of sp³-hybridized carbons (Fsp3) is 0.333. The van der Waals surface area contributed by atoms with E-state index in [0.717, 1.165) is 24.1 Å². The van der Waals surface area contributed by atoms with Gasteiger partial charge in [-0.2, -0.15) is 0 Å². The highest BCUT2D eigenvalue weighted by Gasteiger charge is 2.09. The third-order valence-corrected chi connectivity index (χ3v) is 4.04. The summed E-state index contributed by atoms with van der Waals surface area (Å²) < 4.78 is 0. The zero-order chi connectivity index (χ0) is 18.1. The van der Waals surface area contributed by atoms with E-state index < -0.39 is 0 Å². The minimum atomic E-state index is -0.103. The SMILES string of the molecule is CC(=O)Nc1cccc(CNC(=O)CC(C)CCc2ccccc2)c1. The van der Waals surface area contributed by atoms with Gasteiger partial charge in [0, 0.05) is 25.6 Å². The van der Waals surface area contributed by atoms with Crippen LogP contribution in [-0.4, -0.2) is 11.8 Å². The molecule has 132 valence electrons. The molecular weight excluding hydrogens is 312 g/mol. The van der Waals surface area contributed by atoms with Crippen molar-refractivity contribution in [3.05, 3.63) is 65.7 Å². The number of anilines is 1. The van der Waals surface area contributed by atoms with Crippen LogP contribution in [0.3, 0.4) is 0 Å². The quantitative estimate of drug-likeness (QED) is 0.766. The highest BCUT2D eigenvalue weighted by molar-refractivity contribution is 5.88. The summed E-state index contributed by atoms with van der Waals surface area (Å²) in [4.78, 5) is 23.2. The van der Waals surface area contributed by atoms with Crippen LogP contribution in [0.25, 0.3) is 0 Å². The van der Waals surface area contributed by atoms with Gasteiger partial charge in [0.05, 0.1) is 0 Å². The second-order valence-electron chi connectivity index (χ2n) is 6.49. The second-order valence-corrected chi connectivity index (χ2v) is 6.49. The Kier molecular flexibility index (Phi) is 7.20. The molecule has 0 radical (unpaired) electrons. The Hall–Kier alpha value is -2.62. The average Bonchev–Trinajstić information content (AvgIpc) is 2.59. The smallest absolute Gasteiger partial charge is 0.221 e. The van der Waals surface area contributed by atoms with E-state index in [2.05, 4.69) is 29.7 Å². The van der Waals surface area contributed by atoms with Crippen LogP contribution in [-0.2, 0) is 22.6 Å². The molecule has 0 saturated heterocycles. The van der Waals surface area contributed by atoms with Gasteiger partial charge in [0.25, 0.3) is 0 Å². The predicted molar refractivity (Wildman–Crippen MR) is 101 cm³/mol. The summed E-state index contributed by atoms with van der Waals surface area (Å²) in [6, 6.07) is 17.9. The molecule has 2 rings (SSSR count). The summed E-state index contributed by atoms with van der Waals surface area (Å²) in [6.45, 7) is 4.06. The van der Waals surface area contributed by atoms with E-state index in [1.807, 2.05) is 42.5 Å². The van der Waals surface area contributed by atoms with E-state index in [0.29, 0.717) is 18.9 Å².